The van der Waals surface area contributed by atoms with Crippen molar-refractivity contribution in [1.82, 2.24) is 4.98 Å². The first-order chi connectivity index (χ1) is 10.9. The quantitative estimate of drug-likeness (QED) is 0.648. The summed E-state index contributed by atoms with van der Waals surface area (Å²) >= 11 is 1.89. The maximum Gasteiger partial charge on any atom is 0.268 e. The number of hydrogen-bond acceptors (Lipinski definition) is 6. The van der Waals surface area contributed by atoms with Gasteiger partial charge in [-0.05, 0) is 47.2 Å². The molecule has 0 aliphatic heterocycles. The molecule has 23 heavy (non-hydrogen) atoms. The van der Waals surface area contributed by atoms with E-state index in [0.29, 0.717) is 15.7 Å². The molecule has 116 valence electrons. The Balaban J connectivity index is 2.90. The molecule has 0 saturated heterocycles. The number of H-pyrrole nitrogens is 1. The van der Waals surface area contributed by atoms with Gasteiger partial charge in [-0.1, -0.05) is 0 Å². The number of ether oxygens (including phenoxy) is 1. The van der Waals surface area contributed by atoms with Crippen molar-refractivity contribution in [2.75, 3.05) is 12.3 Å². The molecule has 0 aliphatic rings. The zero-order valence-corrected chi connectivity index (χ0v) is 14.1. The molecule has 0 fully saturated rings. The summed E-state index contributed by atoms with van der Waals surface area (Å²) in [6, 6.07) is 6.71. The first-order valence-electron chi connectivity index (χ1n) is 6.46. The molecule has 0 radical (unpaired) electrons. The summed E-state index contributed by atoms with van der Waals surface area (Å²) in [5, 5.41) is 28.6. The molecule has 0 aliphatic carbocycles. The molecule has 7 nitrogen and oxygen atoms in total. The van der Waals surface area contributed by atoms with E-state index in [0.717, 1.165) is 0 Å². The van der Waals surface area contributed by atoms with E-state index in [9.17, 15) is 20.4 Å². The Labute approximate surface area is 145 Å². The predicted octanol–water partition coefficient (Wildman–Crippen LogP) is 2.08. The molecule has 1 aromatic carbocycles. The van der Waals surface area contributed by atoms with E-state index in [1.54, 1.807) is 19.1 Å². The van der Waals surface area contributed by atoms with Gasteiger partial charge in [-0.25, -0.2) is 0 Å². The molecule has 0 spiro atoms. The number of halogens is 1. The van der Waals surface area contributed by atoms with E-state index in [1.807, 2.05) is 28.7 Å². The van der Waals surface area contributed by atoms with Gasteiger partial charge in [0.1, 0.15) is 29.1 Å². The lowest BCUT2D eigenvalue weighted by Gasteiger charge is -2.13. The van der Waals surface area contributed by atoms with Gasteiger partial charge in [0.25, 0.3) is 5.56 Å². The van der Waals surface area contributed by atoms with Crippen LogP contribution < -0.4 is 16.0 Å². The Morgan fingerprint density at radius 3 is 2.57 bits per heavy atom. The van der Waals surface area contributed by atoms with Crippen molar-refractivity contribution >= 4 is 28.4 Å². The average molecular weight is 422 g/mol. The lowest BCUT2D eigenvalue weighted by Crippen LogP contribution is -2.16. The smallest absolute Gasteiger partial charge is 0.268 e. The zero-order chi connectivity index (χ0) is 17.1. The van der Waals surface area contributed by atoms with E-state index in [1.165, 1.54) is 6.07 Å². The minimum atomic E-state index is -0.681. The third-order valence-electron chi connectivity index (χ3n) is 3.09. The molecule has 0 saturated carbocycles. The molecule has 2 aromatic rings. The van der Waals surface area contributed by atoms with Gasteiger partial charge in [0, 0.05) is 5.56 Å². The highest BCUT2D eigenvalue weighted by molar-refractivity contribution is 14.1. The van der Waals surface area contributed by atoms with Gasteiger partial charge >= 0.3 is 0 Å². The SMILES string of the molecule is CCOc1cc(-c2c(C#N)c(N)[nH]c(=O)c2C#N)cc(I)c1O. The summed E-state index contributed by atoms with van der Waals surface area (Å²) in [7, 11) is 0. The number of benzene rings is 1. The Hall–Kier alpha value is -2.72. The maximum atomic E-state index is 11.9. The lowest BCUT2D eigenvalue weighted by atomic mass is 9.96. The molecular formula is C15H11IN4O3. The summed E-state index contributed by atoms with van der Waals surface area (Å²) in [5.41, 5.74) is 5.29. The number of rotatable bonds is 3. The zero-order valence-electron chi connectivity index (χ0n) is 12.0. The Morgan fingerprint density at radius 2 is 2.00 bits per heavy atom. The van der Waals surface area contributed by atoms with Gasteiger partial charge in [-0.2, -0.15) is 10.5 Å². The van der Waals surface area contributed by atoms with Crippen molar-refractivity contribution in [3.05, 3.63) is 37.2 Å². The number of nitrogens with two attached hydrogens (primary N) is 1. The van der Waals surface area contributed by atoms with Gasteiger partial charge in [-0.15, -0.1) is 0 Å². The minimum Gasteiger partial charge on any atom is -0.504 e. The molecule has 0 amide bonds. The third kappa shape index (κ3) is 2.94. The van der Waals surface area contributed by atoms with E-state index in [-0.39, 0.29) is 34.0 Å². The second-order valence-corrected chi connectivity index (χ2v) is 5.62. The fourth-order valence-electron chi connectivity index (χ4n) is 2.12. The van der Waals surface area contributed by atoms with E-state index < -0.39 is 5.56 Å². The molecule has 0 bridgehead atoms. The number of aromatic nitrogens is 1. The van der Waals surface area contributed by atoms with Crippen molar-refractivity contribution in [2.24, 2.45) is 0 Å². The highest BCUT2D eigenvalue weighted by Gasteiger charge is 2.20. The Bertz CT molecular complexity index is 922. The summed E-state index contributed by atoms with van der Waals surface area (Å²) in [6.07, 6.45) is 0. The predicted molar refractivity (Wildman–Crippen MR) is 91.9 cm³/mol. The number of anilines is 1. The second-order valence-electron chi connectivity index (χ2n) is 4.45. The van der Waals surface area contributed by atoms with Gasteiger partial charge in [0.15, 0.2) is 11.5 Å². The molecule has 1 aromatic heterocycles. The molecule has 0 atom stereocenters. The van der Waals surface area contributed by atoms with Crippen molar-refractivity contribution in [3.8, 4) is 34.8 Å². The number of nitriles is 2. The number of aromatic amines is 1. The lowest BCUT2D eigenvalue weighted by molar-refractivity contribution is 0.317. The van der Waals surface area contributed by atoms with Crippen LogP contribution in [0.1, 0.15) is 18.1 Å². The number of nitrogens with zero attached hydrogens (tertiary/aromatic N) is 2. The van der Waals surface area contributed by atoms with Gasteiger partial charge in [0.05, 0.1) is 10.2 Å². The van der Waals surface area contributed by atoms with Crippen molar-refractivity contribution in [2.45, 2.75) is 6.92 Å². The largest absolute Gasteiger partial charge is 0.504 e. The van der Waals surface area contributed by atoms with Crippen LogP contribution in [0.3, 0.4) is 0 Å². The van der Waals surface area contributed by atoms with Crippen LogP contribution in [0.4, 0.5) is 5.82 Å². The summed E-state index contributed by atoms with van der Waals surface area (Å²) in [5.74, 6) is 0.0274. The minimum absolute atomic E-state index is 0.00918. The first-order valence-corrected chi connectivity index (χ1v) is 7.54. The van der Waals surface area contributed by atoms with Crippen molar-refractivity contribution in [3.63, 3.8) is 0 Å². The number of phenols is 1. The van der Waals surface area contributed by atoms with Crippen LogP contribution in [0.25, 0.3) is 11.1 Å². The Kier molecular flexibility index (Phi) is 4.77. The standard InChI is InChI=1S/C15H11IN4O3/c1-2-23-11-4-7(3-10(16)13(11)21)12-8(5-17)14(19)20-15(22)9(12)6-18/h3-4,21H,2H2,1H3,(H3,19,20,22). The fourth-order valence-corrected chi connectivity index (χ4v) is 2.72. The summed E-state index contributed by atoms with van der Waals surface area (Å²) in [6.45, 7) is 2.08. The normalized spacial score (nSPS) is 9.91. The van der Waals surface area contributed by atoms with Crippen LogP contribution in [-0.4, -0.2) is 16.7 Å². The van der Waals surface area contributed by atoms with E-state index in [4.69, 9.17) is 10.5 Å². The van der Waals surface area contributed by atoms with Crippen LogP contribution in [0, 0.1) is 26.2 Å². The van der Waals surface area contributed by atoms with Crippen LogP contribution in [-0.2, 0) is 0 Å². The summed E-state index contributed by atoms with van der Waals surface area (Å²) in [4.78, 5) is 14.2. The van der Waals surface area contributed by atoms with E-state index >= 15 is 0 Å². The van der Waals surface area contributed by atoms with Crippen molar-refractivity contribution in [1.29, 1.82) is 10.5 Å². The highest BCUT2D eigenvalue weighted by atomic mass is 127. The van der Waals surface area contributed by atoms with Gasteiger partial charge in [-0.3, -0.25) is 4.79 Å². The van der Waals surface area contributed by atoms with Crippen molar-refractivity contribution < 1.29 is 9.84 Å². The monoisotopic (exact) mass is 422 g/mol. The average Bonchev–Trinajstić information content (AvgIpc) is 2.51. The number of phenolic OH excluding ortho intramolecular Hbond substituents is 1. The van der Waals surface area contributed by atoms with E-state index in [2.05, 4.69) is 4.98 Å². The van der Waals surface area contributed by atoms with Gasteiger partial charge in [0.2, 0.25) is 0 Å². The number of pyridine rings is 1. The van der Waals surface area contributed by atoms with Crippen LogP contribution >= 0.6 is 22.6 Å². The third-order valence-corrected chi connectivity index (χ3v) is 3.91. The maximum absolute atomic E-state index is 11.9. The molecule has 2 rings (SSSR count). The second kappa shape index (κ2) is 6.58. The number of nitrogen functional groups attached to an aromatic ring is 1. The summed E-state index contributed by atoms with van der Waals surface area (Å²) < 4.78 is 5.80. The number of hydrogen-bond donors (Lipinski definition) is 3. The molecule has 8 heteroatoms. The van der Waals surface area contributed by atoms with Crippen LogP contribution in [0.15, 0.2) is 16.9 Å². The molecule has 1 heterocycles. The topological polar surface area (TPSA) is 136 Å². The van der Waals surface area contributed by atoms with Crippen LogP contribution in [0.2, 0.25) is 0 Å². The number of nitrogens with one attached hydrogen (secondary N) is 1. The Morgan fingerprint density at radius 1 is 1.35 bits per heavy atom. The highest BCUT2D eigenvalue weighted by Crippen LogP contribution is 2.38. The molecular weight excluding hydrogens is 411 g/mol. The van der Waals surface area contributed by atoms with Gasteiger partial charge < -0.3 is 20.6 Å². The first kappa shape index (κ1) is 16.6. The number of aromatic hydroxyl groups is 1. The molecule has 0 unspecified atom stereocenters. The van der Waals surface area contributed by atoms with Crippen LogP contribution in [0.5, 0.6) is 11.5 Å². The fraction of sp³-hybridized carbons (Fsp3) is 0.133. The molecule has 4 N–H and O–H groups in total.